The molecule has 27 heavy (non-hydrogen) atoms. The van der Waals surface area contributed by atoms with Gasteiger partial charge in [-0.3, -0.25) is 9.71 Å². The van der Waals surface area contributed by atoms with Crippen LogP contribution in [0, 0.1) is 5.92 Å². The molecule has 1 atom stereocenters. The summed E-state index contributed by atoms with van der Waals surface area (Å²) in [6.45, 7) is 4.08. The molecule has 10 heteroatoms. The number of rotatable bonds is 10. The number of aliphatic hydroxyl groups is 1. The second-order valence-electron chi connectivity index (χ2n) is 6.56. The first-order valence-corrected chi connectivity index (χ1v) is 11.4. The molecule has 0 saturated heterocycles. The molecule has 8 nitrogen and oxygen atoms in total. The average molecular weight is 412 g/mol. The van der Waals surface area contributed by atoms with Crippen LogP contribution >= 0.6 is 11.8 Å². The number of sulfonamides is 1. The maximum atomic E-state index is 11.6. The molecule has 0 aliphatic heterocycles. The highest BCUT2D eigenvalue weighted by atomic mass is 32.2. The van der Waals surface area contributed by atoms with Crippen LogP contribution in [0.2, 0.25) is 0 Å². The molecule has 2 aromatic heterocycles. The van der Waals surface area contributed by atoms with E-state index in [1.807, 2.05) is 18.2 Å². The van der Waals surface area contributed by atoms with Crippen molar-refractivity contribution in [3.05, 3.63) is 36.2 Å². The molecule has 2 heterocycles. The lowest BCUT2D eigenvalue weighted by Gasteiger charge is -2.19. The summed E-state index contributed by atoms with van der Waals surface area (Å²) in [5.41, 5.74) is 0.870. The second-order valence-corrected chi connectivity index (χ2v) is 9.25. The third-order valence-corrected chi connectivity index (χ3v) is 4.86. The molecule has 0 saturated carbocycles. The molecule has 0 bridgehead atoms. The molecule has 0 amide bonds. The summed E-state index contributed by atoms with van der Waals surface area (Å²) in [7, 11) is -3.47. The molecule has 2 rings (SSSR count). The highest BCUT2D eigenvalue weighted by Crippen LogP contribution is 2.23. The number of pyridine rings is 1. The van der Waals surface area contributed by atoms with Gasteiger partial charge in [0.25, 0.3) is 0 Å². The minimum atomic E-state index is -3.47. The van der Waals surface area contributed by atoms with Crippen molar-refractivity contribution in [2.75, 3.05) is 22.9 Å². The zero-order valence-corrected chi connectivity index (χ0v) is 17.2. The van der Waals surface area contributed by atoms with Crippen LogP contribution in [0.4, 0.5) is 11.6 Å². The van der Waals surface area contributed by atoms with Crippen LogP contribution in [-0.4, -0.2) is 47.4 Å². The van der Waals surface area contributed by atoms with Gasteiger partial charge < -0.3 is 10.4 Å². The van der Waals surface area contributed by atoms with Crippen molar-refractivity contribution in [2.24, 2.45) is 5.92 Å². The van der Waals surface area contributed by atoms with Gasteiger partial charge >= 0.3 is 0 Å². The van der Waals surface area contributed by atoms with Gasteiger partial charge in [-0.15, -0.1) is 0 Å². The van der Waals surface area contributed by atoms with Crippen molar-refractivity contribution in [3.63, 3.8) is 0 Å². The Bertz CT molecular complexity index is 832. The summed E-state index contributed by atoms with van der Waals surface area (Å²) in [6.07, 6.45) is 3.53. The van der Waals surface area contributed by atoms with E-state index in [2.05, 4.69) is 38.8 Å². The van der Waals surface area contributed by atoms with Crippen molar-refractivity contribution < 1.29 is 13.5 Å². The fourth-order valence-electron chi connectivity index (χ4n) is 2.39. The summed E-state index contributed by atoms with van der Waals surface area (Å²) in [5.74, 6) is 1.58. The topological polar surface area (TPSA) is 117 Å². The largest absolute Gasteiger partial charge is 0.394 e. The first-order valence-electron chi connectivity index (χ1n) is 8.52. The SMILES string of the molecule is CC(C)C[C@H](CO)Nc1cc(NS(C)(=O)=O)nc(SCc2ccccn2)n1. The molecular formula is C17H25N5O3S2. The Morgan fingerprint density at radius 3 is 2.56 bits per heavy atom. The van der Waals surface area contributed by atoms with E-state index >= 15 is 0 Å². The Morgan fingerprint density at radius 1 is 1.22 bits per heavy atom. The Morgan fingerprint density at radius 2 is 1.96 bits per heavy atom. The van der Waals surface area contributed by atoms with Gasteiger partial charge in [-0.1, -0.05) is 31.7 Å². The average Bonchev–Trinajstić information content (AvgIpc) is 2.58. The standard InChI is InChI=1S/C17H25N5O3S2/c1-12(2)8-14(10-23)19-15-9-16(22-27(3,24)25)21-17(20-15)26-11-13-6-4-5-7-18-13/h4-7,9,12,14,23H,8,10-11H2,1-3H3,(H2,19,20,21,22)/t14-/m1/s1. The molecule has 148 valence electrons. The van der Waals surface area contributed by atoms with E-state index in [-0.39, 0.29) is 18.5 Å². The third kappa shape index (κ3) is 8.10. The number of thioether (sulfide) groups is 1. The monoisotopic (exact) mass is 411 g/mol. The molecule has 0 spiro atoms. The first-order chi connectivity index (χ1) is 12.7. The lowest BCUT2D eigenvalue weighted by Crippen LogP contribution is -2.26. The molecule has 0 aliphatic carbocycles. The van der Waals surface area contributed by atoms with Crippen LogP contribution in [0.5, 0.6) is 0 Å². The van der Waals surface area contributed by atoms with E-state index in [1.54, 1.807) is 6.20 Å². The predicted octanol–water partition coefficient (Wildman–Crippen LogP) is 2.35. The van der Waals surface area contributed by atoms with Gasteiger partial charge in [0.15, 0.2) is 5.16 Å². The minimum absolute atomic E-state index is 0.0482. The van der Waals surface area contributed by atoms with Crippen LogP contribution in [-0.2, 0) is 15.8 Å². The van der Waals surface area contributed by atoms with Gasteiger partial charge in [0.05, 0.1) is 24.6 Å². The van der Waals surface area contributed by atoms with E-state index in [4.69, 9.17) is 0 Å². The normalized spacial score (nSPS) is 12.8. The molecule has 0 radical (unpaired) electrons. The lowest BCUT2D eigenvalue weighted by molar-refractivity contribution is 0.259. The number of hydrogen-bond donors (Lipinski definition) is 3. The fourth-order valence-corrected chi connectivity index (χ4v) is 3.64. The minimum Gasteiger partial charge on any atom is -0.394 e. The highest BCUT2D eigenvalue weighted by Gasteiger charge is 2.14. The summed E-state index contributed by atoms with van der Waals surface area (Å²) in [5, 5.41) is 13.2. The molecule has 0 aromatic carbocycles. The van der Waals surface area contributed by atoms with E-state index in [1.165, 1.54) is 17.8 Å². The van der Waals surface area contributed by atoms with E-state index in [0.717, 1.165) is 18.4 Å². The smallest absolute Gasteiger partial charge is 0.230 e. The van der Waals surface area contributed by atoms with Crippen molar-refractivity contribution in [2.45, 2.75) is 37.2 Å². The quantitative estimate of drug-likeness (QED) is 0.403. The summed E-state index contributed by atoms with van der Waals surface area (Å²) >= 11 is 1.35. The van der Waals surface area contributed by atoms with Gasteiger partial charge in [-0.05, 0) is 24.5 Å². The number of aromatic nitrogens is 3. The lowest BCUT2D eigenvalue weighted by atomic mass is 10.0. The summed E-state index contributed by atoms with van der Waals surface area (Å²) in [4.78, 5) is 13.0. The number of anilines is 2. The Labute approximate surface area is 164 Å². The van der Waals surface area contributed by atoms with Gasteiger partial charge in [0.2, 0.25) is 10.0 Å². The van der Waals surface area contributed by atoms with Crippen molar-refractivity contribution in [1.82, 2.24) is 15.0 Å². The van der Waals surface area contributed by atoms with E-state index in [9.17, 15) is 13.5 Å². The predicted molar refractivity (Wildman–Crippen MR) is 108 cm³/mol. The summed E-state index contributed by atoms with van der Waals surface area (Å²) < 4.78 is 25.5. The molecule has 0 fully saturated rings. The first kappa shape index (κ1) is 21.4. The maximum absolute atomic E-state index is 11.6. The number of nitrogens with zero attached hydrogens (tertiary/aromatic N) is 3. The second kappa shape index (κ2) is 9.86. The van der Waals surface area contributed by atoms with Gasteiger partial charge in [-0.2, -0.15) is 0 Å². The zero-order valence-electron chi connectivity index (χ0n) is 15.6. The van der Waals surface area contributed by atoms with Crippen molar-refractivity contribution in [1.29, 1.82) is 0 Å². The van der Waals surface area contributed by atoms with E-state index < -0.39 is 10.0 Å². The third-order valence-electron chi connectivity index (χ3n) is 3.40. The van der Waals surface area contributed by atoms with Crippen LogP contribution in [0.15, 0.2) is 35.6 Å². The number of hydrogen-bond acceptors (Lipinski definition) is 8. The molecular weight excluding hydrogens is 386 g/mol. The molecule has 2 aromatic rings. The Kier molecular flexibility index (Phi) is 7.81. The maximum Gasteiger partial charge on any atom is 0.230 e. The fraction of sp³-hybridized carbons (Fsp3) is 0.471. The van der Waals surface area contributed by atoms with Crippen LogP contribution in [0.3, 0.4) is 0 Å². The van der Waals surface area contributed by atoms with Gasteiger partial charge in [0.1, 0.15) is 11.6 Å². The number of nitrogens with one attached hydrogen (secondary N) is 2. The van der Waals surface area contributed by atoms with Crippen molar-refractivity contribution >= 4 is 33.4 Å². The van der Waals surface area contributed by atoms with Gasteiger partial charge in [-0.25, -0.2) is 18.4 Å². The van der Waals surface area contributed by atoms with E-state index in [0.29, 0.717) is 22.6 Å². The molecule has 0 aliphatic rings. The van der Waals surface area contributed by atoms with Crippen LogP contribution in [0.1, 0.15) is 26.0 Å². The van der Waals surface area contributed by atoms with Gasteiger partial charge in [0, 0.05) is 18.0 Å². The summed E-state index contributed by atoms with van der Waals surface area (Å²) in [6, 6.07) is 6.98. The van der Waals surface area contributed by atoms with Crippen LogP contribution in [0.25, 0.3) is 0 Å². The molecule has 0 unspecified atom stereocenters. The Balaban J connectivity index is 2.22. The zero-order chi connectivity index (χ0) is 19.9. The van der Waals surface area contributed by atoms with Crippen LogP contribution < -0.4 is 10.0 Å². The highest BCUT2D eigenvalue weighted by molar-refractivity contribution is 7.98. The Hall–Kier alpha value is -1.91. The van der Waals surface area contributed by atoms with Crippen molar-refractivity contribution in [3.8, 4) is 0 Å². The number of aliphatic hydroxyl groups excluding tert-OH is 1. The molecule has 3 N–H and O–H groups in total.